The molecular formula is C23H23NO5S2. The van der Waals surface area contributed by atoms with Gasteiger partial charge in [-0.05, 0) is 60.2 Å². The third-order valence-corrected chi connectivity index (χ3v) is 8.31. The fraction of sp³-hybridized carbons (Fsp3) is 0.261. The molecule has 8 heteroatoms. The molecule has 0 bridgehead atoms. The first kappa shape index (κ1) is 21.5. The number of benzene rings is 2. The maximum atomic E-state index is 13.7. The minimum Gasteiger partial charge on any atom is -0.493 e. The highest BCUT2D eigenvalue weighted by Crippen LogP contribution is 2.44. The molecule has 31 heavy (non-hydrogen) atoms. The molecule has 0 unspecified atom stereocenters. The number of fused-ring (bicyclic) bond motifs is 1. The molecule has 0 N–H and O–H groups in total. The zero-order valence-corrected chi connectivity index (χ0v) is 19.1. The molecule has 1 atom stereocenters. The van der Waals surface area contributed by atoms with E-state index in [-0.39, 0.29) is 10.7 Å². The van der Waals surface area contributed by atoms with Gasteiger partial charge in [-0.3, -0.25) is 4.79 Å². The van der Waals surface area contributed by atoms with Crippen molar-refractivity contribution in [2.45, 2.75) is 24.3 Å². The number of carbonyl (C=O) groups is 1. The summed E-state index contributed by atoms with van der Waals surface area (Å²) in [5, 5.41) is 1.94. The van der Waals surface area contributed by atoms with Crippen LogP contribution in [-0.4, -0.2) is 39.3 Å². The lowest BCUT2D eigenvalue weighted by Crippen LogP contribution is -2.40. The molecule has 0 saturated heterocycles. The first-order valence-corrected chi connectivity index (χ1v) is 12.1. The molecule has 1 aromatic heterocycles. The number of rotatable bonds is 6. The molecule has 0 amide bonds. The standard InChI is InChI=1S/C23H23NO5S2/c1-15(25)16-6-8-18(9-7-16)31(26,27)24-11-10-17-13-20(28-2)21(29-3)14-19(17)23(24)22-5-4-12-30-22/h4-9,12-14,23H,10-11H2,1-3H3/t23-/m0/s1. The van der Waals surface area contributed by atoms with Crippen LogP contribution in [0.2, 0.25) is 0 Å². The Kier molecular flexibility index (Phi) is 5.88. The summed E-state index contributed by atoms with van der Waals surface area (Å²) in [7, 11) is -0.645. The molecule has 2 heterocycles. The van der Waals surface area contributed by atoms with E-state index in [0.717, 1.165) is 16.0 Å². The van der Waals surface area contributed by atoms with E-state index in [1.807, 2.05) is 29.6 Å². The van der Waals surface area contributed by atoms with E-state index < -0.39 is 16.1 Å². The second-order valence-corrected chi connectivity index (χ2v) is 10.1. The van der Waals surface area contributed by atoms with Gasteiger partial charge in [0.1, 0.15) is 0 Å². The summed E-state index contributed by atoms with van der Waals surface area (Å²) in [4.78, 5) is 12.7. The number of thiophene rings is 1. The Bertz CT molecular complexity index is 1200. The first-order valence-electron chi connectivity index (χ1n) is 9.78. The van der Waals surface area contributed by atoms with E-state index in [1.165, 1.54) is 34.7 Å². The number of nitrogens with zero attached hydrogens (tertiary/aromatic N) is 1. The van der Waals surface area contributed by atoms with Gasteiger partial charge in [0.05, 0.1) is 25.2 Å². The van der Waals surface area contributed by atoms with Crippen LogP contribution in [0.5, 0.6) is 11.5 Å². The molecule has 6 nitrogen and oxygen atoms in total. The number of ketones is 1. The van der Waals surface area contributed by atoms with Gasteiger partial charge in [0.2, 0.25) is 10.0 Å². The molecule has 1 aliphatic heterocycles. The van der Waals surface area contributed by atoms with Crippen molar-refractivity contribution in [1.29, 1.82) is 0 Å². The Hall–Kier alpha value is -2.68. The summed E-state index contributed by atoms with van der Waals surface area (Å²) < 4.78 is 39.8. The van der Waals surface area contributed by atoms with E-state index >= 15 is 0 Å². The number of ether oxygens (including phenoxy) is 2. The van der Waals surface area contributed by atoms with Crippen molar-refractivity contribution < 1.29 is 22.7 Å². The van der Waals surface area contributed by atoms with Gasteiger partial charge < -0.3 is 9.47 Å². The van der Waals surface area contributed by atoms with Crippen LogP contribution in [0, 0.1) is 0 Å². The third kappa shape index (κ3) is 3.86. The number of sulfonamides is 1. The number of methoxy groups -OCH3 is 2. The van der Waals surface area contributed by atoms with Gasteiger partial charge in [-0.15, -0.1) is 11.3 Å². The van der Waals surface area contributed by atoms with Crippen LogP contribution >= 0.6 is 11.3 Å². The maximum absolute atomic E-state index is 13.7. The molecular weight excluding hydrogens is 434 g/mol. The van der Waals surface area contributed by atoms with E-state index in [1.54, 1.807) is 26.4 Å². The zero-order valence-electron chi connectivity index (χ0n) is 17.5. The van der Waals surface area contributed by atoms with Crippen molar-refractivity contribution in [2.75, 3.05) is 20.8 Å². The highest BCUT2D eigenvalue weighted by atomic mass is 32.2. The molecule has 162 valence electrons. The van der Waals surface area contributed by atoms with E-state index in [4.69, 9.17) is 9.47 Å². The summed E-state index contributed by atoms with van der Waals surface area (Å²) in [6.07, 6.45) is 0.558. The minimum absolute atomic E-state index is 0.103. The molecule has 0 saturated carbocycles. The quantitative estimate of drug-likeness (QED) is 0.516. The number of carbonyl (C=O) groups excluding carboxylic acids is 1. The highest BCUT2D eigenvalue weighted by molar-refractivity contribution is 7.89. The van der Waals surface area contributed by atoms with Crippen LogP contribution in [-0.2, 0) is 16.4 Å². The lowest BCUT2D eigenvalue weighted by molar-refractivity contribution is 0.101. The smallest absolute Gasteiger partial charge is 0.243 e. The predicted octanol–water partition coefficient (Wildman–Crippen LogP) is 4.30. The summed E-state index contributed by atoms with van der Waals surface area (Å²) in [6, 6.07) is 13.3. The Labute approximate surface area is 186 Å². The summed E-state index contributed by atoms with van der Waals surface area (Å²) in [6.45, 7) is 1.79. The molecule has 2 aromatic carbocycles. The molecule has 0 aliphatic carbocycles. The number of Topliss-reactive ketones (excluding diaryl/α,β-unsaturated/α-hetero) is 1. The van der Waals surface area contributed by atoms with E-state index in [2.05, 4.69) is 0 Å². The van der Waals surface area contributed by atoms with Gasteiger partial charge in [-0.25, -0.2) is 8.42 Å². The first-order chi connectivity index (χ1) is 14.9. The maximum Gasteiger partial charge on any atom is 0.243 e. The lowest BCUT2D eigenvalue weighted by Gasteiger charge is -2.36. The summed E-state index contributed by atoms with van der Waals surface area (Å²) >= 11 is 1.52. The Morgan fingerprint density at radius 1 is 1.06 bits per heavy atom. The molecule has 4 rings (SSSR count). The third-order valence-electron chi connectivity index (χ3n) is 5.51. The SMILES string of the molecule is COc1cc2c(cc1OC)[C@@H](c1cccs1)N(S(=O)(=O)c1ccc(C(C)=O)cc1)CC2. The van der Waals surface area contributed by atoms with Crippen molar-refractivity contribution in [3.05, 3.63) is 75.5 Å². The average molecular weight is 458 g/mol. The molecule has 3 aromatic rings. The van der Waals surface area contributed by atoms with Gasteiger partial charge >= 0.3 is 0 Å². The summed E-state index contributed by atoms with van der Waals surface area (Å²) in [5.41, 5.74) is 2.40. The molecule has 0 fully saturated rings. The normalized spacial score (nSPS) is 16.5. The van der Waals surface area contributed by atoms with Crippen LogP contribution in [0.25, 0.3) is 0 Å². The van der Waals surface area contributed by atoms with E-state index in [0.29, 0.717) is 30.0 Å². The van der Waals surface area contributed by atoms with Crippen LogP contribution in [0.3, 0.4) is 0 Å². The van der Waals surface area contributed by atoms with E-state index in [9.17, 15) is 13.2 Å². The fourth-order valence-electron chi connectivity index (χ4n) is 3.92. The van der Waals surface area contributed by atoms with Crippen LogP contribution in [0.4, 0.5) is 0 Å². The minimum atomic E-state index is -3.80. The molecule has 0 spiro atoms. The highest BCUT2D eigenvalue weighted by Gasteiger charge is 2.38. The van der Waals surface area contributed by atoms with Crippen molar-refractivity contribution in [2.24, 2.45) is 0 Å². The Morgan fingerprint density at radius 2 is 1.74 bits per heavy atom. The lowest BCUT2D eigenvalue weighted by atomic mass is 9.92. The summed E-state index contributed by atoms with van der Waals surface area (Å²) in [5.74, 6) is 1.09. The predicted molar refractivity (Wildman–Crippen MR) is 120 cm³/mol. The Morgan fingerprint density at radius 3 is 2.32 bits per heavy atom. The number of hydrogen-bond donors (Lipinski definition) is 0. The Balaban J connectivity index is 1.84. The van der Waals surface area contributed by atoms with Crippen molar-refractivity contribution >= 4 is 27.1 Å². The van der Waals surface area contributed by atoms with Crippen molar-refractivity contribution in [1.82, 2.24) is 4.31 Å². The topological polar surface area (TPSA) is 72.9 Å². The van der Waals surface area contributed by atoms with Crippen molar-refractivity contribution in [3.8, 4) is 11.5 Å². The van der Waals surface area contributed by atoms with Crippen LogP contribution in [0.1, 0.15) is 39.3 Å². The van der Waals surface area contributed by atoms with Gasteiger partial charge in [-0.1, -0.05) is 18.2 Å². The van der Waals surface area contributed by atoms with Gasteiger partial charge in [0.25, 0.3) is 0 Å². The second kappa shape index (κ2) is 8.45. The van der Waals surface area contributed by atoms with Gasteiger partial charge in [0.15, 0.2) is 17.3 Å². The largest absolute Gasteiger partial charge is 0.493 e. The van der Waals surface area contributed by atoms with Gasteiger partial charge in [0, 0.05) is 17.0 Å². The second-order valence-electron chi connectivity index (χ2n) is 7.27. The van der Waals surface area contributed by atoms with Gasteiger partial charge in [-0.2, -0.15) is 4.31 Å². The monoisotopic (exact) mass is 457 g/mol. The fourth-order valence-corrected chi connectivity index (χ4v) is 6.43. The van der Waals surface area contributed by atoms with Crippen LogP contribution < -0.4 is 9.47 Å². The van der Waals surface area contributed by atoms with Crippen molar-refractivity contribution in [3.63, 3.8) is 0 Å². The molecule has 1 aliphatic rings. The zero-order chi connectivity index (χ0) is 22.2. The number of hydrogen-bond acceptors (Lipinski definition) is 6. The van der Waals surface area contributed by atoms with Crippen LogP contribution in [0.15, 0.2) is 58.8 Å². The average Bonchev–Trinajstić information content (AvgIpc) is 3.31. The molecule has 0 radical (unpaired) electrons.